The summed E-state index contributed by atoms with van der Waals surface area (Å²) in [4.78, 5) is 2.48. The van der Waals surface area contributed by atoms with Crippen LogP contribution in [0.2, 0.25) is 0 Å². The molecule has 0 aromatic heterocycles. The van der Waals surface area contributed by atoms with E-state index in [1.54, 1.807) is 0 Å². The van der Waals surface area contributed by atoms with Crippen LogP contribution < -0.4 is 0 Å². The standard InChI is InChI=1S/C17H23NO2/c1-2-17-14-20-12-10-18(17)13-16-9-4-3-7-15(16)8-5-6-11-19/h3-4,7,9,17,19H,2,6,10-14H2,1H3. The molecule has 1 unspecified atom stereocenters. The quantitative estimate of drug-likeness (QED) is 0.852. The molecule has 3 nitrogen and oxygen atoms in total. The summed E-state index contributed by atoms with van der Waals surface area (Å²) in [7, 11) is 0. The van der Waals surface area contributed by atoms with Crippen molar-refractivity contribution < 1.29 is 9.84 Å². The first-order valence-corrected chi connectivity index (χ1v) is 7.34. The van der Waals surface area contributed by atoms with Crippen LogP contribution in [0.4, 0.5) is 0 Å². The van der Waals surface area contributed by atoms with Crippen LogP contribution in [0.5, 0.6) is 0 Å². The van der Waals surface area contributed by atoms with Gasteiger partial charge in [-0.05, 0) is 18.1 Å². The maximum atomic E-state index is 8.82. The van der Waals surface area contributed by atoms with Gasteiger partial charge in [-0.15, -0.1) is 0 Å². The molecule has 1 fully saturated rings. The van der Waals surface area contributed by atoms with E-state index in [1.165, 1.54) is 5.56 Å². The highest BCUT2D eigenvalue weighted by atomic mass is 16.5. The Balaban J connectivity index is 2.10. The zero-order chi connectivity index (χ0) is 14.2. The minimum absolute atomic E-state index is 0.122. The molecule has 0 saturated carbocycles. The molecule has 108 valence electrons. The molecule has 1 saturated heterocycles. The Bertz CT molecular complexity index is 475. The van der Waals surface area contributed by atoms with Gasteiger partial charge in [0, 0.05) is 31.1 Å². The van der Waals surface area contributed by atoms with Crippen molar-refractivity contribution in [1.29, 1.82) is 0 Å². The molecule has 1 aliphatic rings. The Morgan fingerprint density at radius 3 is 3.05 bits per heavy atom. The second-order valence-electron chi connectivity index (χ2n) is 5.04. The van der Waals surface area contributed by atoms with Crippen LogP contribution in [-0.4, -0.2) is 42.4 Å². The van der Waals surface area contributed by atoms with Crippen LogP contribution >= 0.6 is 0 Å². The second-order valence-corrected chi connectivity index (χ2v) is 5.04. The third kappa shape index (κ3) is 4.08. The molecule has 0 bridgehead atoms. The van der Waals surface area contributed by atoms with Gasteiger partial charge in [0.2, 0.25) is 0 Å². The van der Waals surface area contributed by atoms with Gasteiger partial charge in [0.05, 0.1) is 19.8 Å². The fraction of sp³-hybridized carbons (Fsp3) is 0.529. The van der Waals surface area contributed by atoms with Gasteiger partial charge in [-0.3, -0.25) is 4.90 Å². The predicted octanol–water partition coefficient (Wildman–Crippen LogP) is 2.03. The highest BCUT2D eigenvalue weighted by Gasteiger charge is 2.21. The summed E-state index contributed by atoms with van der Waals surface area (Å²) in [5.41, 5.74) is 2.33. The highest BCUT2D eigenvalue weighted by Crippen LogP contribution is 2.17. The van der Waals surface area contributed by atoms with E-state index in [0.29, 0.717) is 12.5 Å². The molecule has 1 aromatic rings. The van der Waals surface area contributed by atoms with Crippen molar-refractivity contribution in [3.05, 3.63) is 35.4 Å². The van der Waals surface area contributed by atoms with Gasteiger partial charge in [0.15, 0.2) is 0 Å². The maximum absolute atomic E-state index is 8.82. The summed E-state index contributed by atoms with van der Waals surface area (Å²) in [5, 5.41) is 8.82. The van der Waals surface area contributed by atoms with Crippen molar-refractivity contribution >= 4 is 0 Å². The molecule has 1 N–H and O–H groups in total. The smallest absolute Gasteiger partial charge is 0.0622 e. The normalized spacial score (nSPS) is 19.4. The minimum atomic E-state index is 0.122. The molecule has 0 amide bonds. The number of nitrogens with zero attached hydrogens (tertiary/aromatic N) is 1. The van der Waals surface area contributed by atoms with E-state index in [1.807, 2.05) is 6.07 Å². The Morgan fingerprint density at radius 2 is 2.25 bits per heavy atom. The van der Waals surface area contributed by atoms with Crippen LogP contribution in [0.15, 0.2) is 24.3 Å². The molecule has 1 heterocycles. The van der Waals surface area contributed by atoms with Crippen LogP contribution in [0.1, 0.15) is 30.9 Å². The van der Waals surface area contributed by atoms with E-state index in [4.69, 9.17) is 9.84 Å². The Kier molecular flexibility index (Phi) is 6.07. The largest absolute Gasteiger partial charge is 0.395 e. The zero-order valence-electron chi connectivity index (χ0n) is 12.1. The van der Waals surface area contributed by atoms with E-state index >= 15 is 0 Å². The summed E-state index contributed by atoms with van der Waals surface area (Å²) >= 11 is 0. The molecular weight excluding hydrogens is 250 g/mol. The summed E-state index contributed by atoms with van der Waals surface area (Å²) in [5.74, 6) is 6.18. The zero-order valence-corrected chi connectivity index (χ0v) is 12.1. The van der Waals surface area contributed by atoms with Crippen LogP contribution in [0.3, 0.4) is 0 Å². The fourth-order valence-corrected chi connectivity index (χ4v) is 2.49. The molecular formula is C17H23NO2. The third-order valence-electron chi connectivity index (χ3n) is 3.67. The van der Waals surface area contributed by atoms with E-state index in [9.17, 15) is 0 Å². The molecule has 1 aromatic carbocycles. The summed E-state index contributed by atoms with van der Waals surface area (Å²) in [6, 6.07) is 8.78. The monoisotopic (exact) mass is 273 g/mol. The molecule has 0 spiro atoms. The second kappa shape index (κ2) is 8.06. The lowest BCUT2D eigenvalue weighted by atomic mass is 10.1. The van der Waals surface area contributed by atoms with E-state index in [2.05, 4.69) is 41.9 Å². The highest BCUT2D eigenvalue weighted by molar-refractivity contribution is 5.41. The molecule has 3 heteroatoms. The van der Waals surface area contributed by atoms with E-state index in [0.717, 1.165) is 38.3 Å². The van der Waals surface area contributed by atoms with Gasteiger partial charge in [0.1, 0.15) is 0 Å². The Morgan fingerprint density at radius 1 is 1.40 bits per heavy atom. The first-order chi connectivity index (χ1) is 9.85. The van der Waals surface area contributed by atoms with Gasteiger partial charge < -0.3 is 9.84 Å². The fourth-order valence-electron chi connectivity index (χ4n) is 2.49. The molecule has 1 aliphatic heterocycles. The summed E-state index contributed by atoms with van der Waals surface area (Å²) < 4.78 is 5.55. The van der Waals surface area contributed by atoms with Gasteiger partial charge in [-0.2, -0.15) is 0 Å². The number of rotatable bonds is 4. The Hall–Kier alpha value is -1.34. The predicted molar refractivity (Wildman–Crippen MR) is 80.3 cm³/mol. The summed E-state index contributed by atoms with van der Waals surface area (Å²) in [6.07, 6.45) is 1.64. The lowest BCUT2D eigenvalue weighted by molar-refractivity contribution is -0.0127. The van der Waals surface area contributed by atoms with Crippen molar-refractivity contribution in [2.24, 2.45) is 0 Å². The van der Waals surface area contributed by atoms with Gasteiger partial charge in [0.25, 0.3) is 0 Å². The summed E-state index contributed by atoms with van der Waals surface area (Å²) in [6.45, 7) is 5.88. The number of morpholine rings is 1. The van der Waals surface area contributed by atoms with Crippen LogP contribution in [0, 0.1) is 11.8 Å². The molecule has 0 radical (unpaired) electrons. The van der Waals surface area contributed by atoms with Crippen molar-refractivity contribution in [2.45, 2.75) is 32.4 Å². The third-order valence-corrected chi connectivity index (χ3v) is 3.67. The van der Waals surface area contributed by atoms with Gasteiger partial charge in [-0.1, -0.05) is 37.0 Å². The average Bonchev–Trinajstić information content (AvgIpc) is 2.50. The molecule has 1 atom stereocenters. The molecule has 0 aliphatic carbocycles. The lowest BCUT2D eigenvalue weighted by Gasteiger charge is -2.35. The van der Waals surface area contributed by atoms with Crippen molar-refractivity contribution in [1.82, 2.24) is 4.90 Å². The number of aliphatic hydroxyl groups excluding tert-OH is 1. The number of ether oxygens (including phenoxy) is 1. The van der Waals surface area contributed by atoms with Gasteiger partial charge >= 0.3 is 0 Å². The van der Waals surface area contributed by atoms with Gasteiger partial charge in [-0.25, -0.2) is 0 Å². The van der Waals surface area contributed by atoms with Crippen LogP contribution in [0.25, 0.3) is 0 Å². The minimum Gasteiger partial charge on any atom is -0.395 e. The van der Waals surface area contributed by atoms with E-state index in [-0.39, 0.29) is 6.61 Å². The van der Waals surface area contributed by atoms with E-state index < -0.39 is 0 Å². The van der Waals surface area contributed by atoms with Crippen molar-refractivity contribution in [3.8, 4) is 11.8 Å². The Labute approximate surface area is 121 Å². The maximum Gasteiger partial charge on any atom is 0.0622 e. The average molecular weight is 273 g/mol. The molecule has 20 heavy (non-hydrogen) atoms. The first-order valence-electron chi connectivity index (χ1n) is 7.34. The first kappa shape index (κ1) is 15.1. The lowest BCUT2D eigenvalue weighted by Crippen LogP contribution is -2.44. The van der Waals surface area contributed by atoms with Crippen LogP contribution in [-0.2, 0) is 11.3 Å². The van der Waals surface area contributed by atoms with Crippen molar-refractivity contribution in [2.75, 3.05) is 26.4 Å². The van der Waals surface area contributed by atoms with Crippen molar-refractivity contribution in [3.63, 3.8) is 0 Å². The number of hydrogen-bond acceptors (Lipinski definition) is 3. The SMILES string of the molecule is CCC1COCCN1Cc1ccccc1C#CCCO. The number of benzene rings is 1. The topological polar surface area (TPSA) is 32.7 Å². The number of hydrogen-bond donors (Lipinski definition) is 1. The molecule has 2 rings (SSSR count). The number of aliphatic hydroxyl groups is 1.